The molecule has 0 aliphatic heterocycles. The molecular formula is C17H14ClN3O2. The molecular weight excluding hydrogens is 314 g/mol. The summed E-state index contributed by atoms with van der Waals surface area (Å²) in [6, 6.07) is 11.0. The van der Waals surface area contributed by atoms with Crippen LogP contribution in [0.15, 0.2) is 42.6 Å². The Bertz CT molecular complexity index is 868. The molecule has 1 aromatic heterocycles. The van der Waals surface area contributed by atoms with Crippen LogP contribution in [0.25, 0.3) is 10.8 Å². The van der Waals surface area contributed by atoms with Crippen LogP contribution in [0.4, 0.5) is 5.82 Å². The van der Waals surface area contributed by atoms with E-state index in [1.807, 2.05) is 24.3 Å². The van der Waals surface area contributed by atoms with Crippen molar-refractivity contribution in [3.05, 3.63) is 58.7 Å². The minimum Gasteiger partial charge on any atom is -0.495 e. The molecule has 0 fully saturated rings. The van der Waals surface area contributed by atoms with Crippen molar-refractivity contribution < 1.29 is 9.53 Å². The maximum atomic E-state index is 11.0. The van der Waals surface area contributed by atoms with E-state index >= 15 is 0 Å². The number of nitrogens with zero attached hydrogens (tertiary/aromatic N) is 2. The second-order valence-electron chi connectivity index (χ2n) is 4.98. The van der Waals surface area contributed by atoms with Gasteiger partial charge in [-0.25, -0.2) is 0 Å². The molecule has 3 rings (SSSR count). The SMILES string of the molecule is COc1ccc(CNc2nncc3ccc(C=O)cc23)cc1Cl. The molecule has 5 nitrogen and oxygen atoms in total. The molecule has 2 aromatic carbocycles. The van der Waals surface area contributed by atoms with Gasteiger partial charge in [-0.1, -0.05) is 29.8 Å². The zero-order valence-electron chi connectivity index (χ0n) is 12.4. The van der Waals surface area contributed by atoms with Crippen molar-refractivity contribution in [1.82, 2.24) is 10.2 Å². The number of aldehydes is 1. The summed E-state index contributed by atoms with van der Waals surface area (Å²) in [6.45, 7) is 0.531. The lowest BCUT2D eigenvalue weighted by Gasteiger charge is -2.10. The van der Waals surface area contributed by atoms with Crippen LogP contribution >= 0.6 is 11.6 Å². The van der Waals surface area contributed by atoms with Crippen LogP contribution < -0.4 is 10.1 Å². The van der Waals surface area contributed by atoms with Crippen LogP contribution in [0, 0.1) is 0 Å². The van der Waals surface area contributed by atoms with Gasteiger partial charge in [0, 0.05) is 22.9 Å². The molecule has 0 aliphatic carbocycles. The van der Waals surface area contributed by atoms with E-state index in [1.54, 1.807) is 25.4 Å². The summed E-state index contributed by atoms with van der Waals surface area (Å²) in [5.74, 6) is 1.26. The number of benzene rings is 2. The first-order valence-corrected chi connectivity index (χ1v) is 7.36. The summed E-state index contributed by atoms with van der Waals surface area (Å²) in [6.07, 6.45) is 2.48. The first-order chi connectivity index (χ1) is 11.2. The number of nitrogens with one attached hydrogen (secondary N) is 1. The summed E-state index contributed by atoms with van der Waals surface area (Å²) in [5, 5.41) is 13.7. The summed E-state index contributed by atoms with van der Waals surface area (Å²) in [5.41, 5.74) is 1.59. The molecule has 0 aliphatic rings. The van der Waals surface area contributed by atoms with E-state index in [-0.39, 0.29) is 0 Å². The smallest absolute Gasteiger partial charge is 0.156 e. The second kappa shape index (κ2) is 6.62. The Balaban J connectivity index is 1.86. The van der Waals surface area contributed by atoms with Gasteiger partial charge in [-0.15, -0.1) is 5.10 Å². The molecule has 0 unspecified atom stereocenters. The molecule has 3 aromatic rings. The number of carbonyl (C=O) groups is 1. The van der Waals surface area contributed by atoms with E-state index in [2.05, 4.69) is 15.5 Å². The third-order valence-electron chi connectivity index (χ3n) is 3.50. The Kier molecular flexibility index (Phi) is 4.39. The van der Waals surface area contributed by atoms with Gasteiger partial charge in [-0.2, -0.15) is 5.10 Å². The highest BCUT2D eigenvalue weighted by molar-refractivity contribution is 6.32. The summed E-state index contributed by atoms with van der Waals surface area (Å²) in [7, 11) is 1.58. The topological polar surface area (TPSA) is 64.1 Å². The largest absolute Gasteiger partial charge is 0.495 e. The predicted octanol–water partition coefficient (Wildman–Crippen LogP) is 3.72. The van der Waals surface area contributed by atoms with Crippen LogP contribution in [0.1, 0.15) is 15.9 Å². The number of fused-ring (bicyclic) bond motifs is 1. The molecule has 0 atom stereocenters. The normalized spacial score (nSPS) is 10.5. The number of anilines is 1. The van der Waals surface area contributed by atoms with E-state index in [4.69, 9.17) is 16.3 Å². The quantitative estimate of drug-likeness (QED) is 0.724. The molecule has 6 heteroatoms. The van der Waals surface area contributed by atoms with E-state index in [0.29, 0.717) is 28.7 Å². The summed E-state index contributed by atoms with van der Waals surface area (Å²) >= 11 is 6.13. The van der Waals surface area contributed by atoms with Crippen molar-refractivity contribution in [3.63, 3.8) is 0 Å². The first-order valence-electron chi connectivity index (χ1n) is 6.98. The highest BCUT2D eigenvalue weighted by Gasteiger charge is 2.06. The Morgan fingerprint density at radius 1 is 1.26 bits per heavy atom. The van der Waals surface area contributed by atoms with Crippen LogP contribution in [-0.2, 0) is 6.54 Å². The minimum absolute atomic E-state index is 0.531. The number of halogens is 1. The van der Waals surface area contributed by atoms with Crippen molar-refractivity contribution in [2.75, 3.05) is 12.4 Å². The third kappa shape index (κ3) is 3.24. The lowest BCUT2D eigenvalue weighted by molar-refractivity contribution is 0.112. The van der Waals surface area contributed by atoms with Crippen molar-refractivity contribution in [1.29, 1.82) is 0 Å². The molecule has 1 N–H and O–H groups in total. The minimum atomic E-state index is 0.531. The van der Waals surface area contributed by atoms with Gasteiger partial charge < -0.3 is 10.1 Å². The monoisotopic (exact) mass is 327 g/mol. The van der Waals surface area contributed by atoms with Gasteiger partial charge in [0.15, 0.2) is 5.82 Å². The third-order valence-corrected chi connectivity index (χ3v) is 3.79. The molecule has 0 bridgehead atoms. The highest BCUT2D eigenvalue weighted by atomic mass is 35.5. The van der Waals surface area contributed by atoms with Gasteiger partial charge in [-0.05, 0) is 23.8 Å². The van der Waals surface area contributed by atoms with Gasteiger partial charge >= 0.3 is 0 Å². The van der Waals surface area contributed by atoms with Crippen LogP contribution in [-0.4, -0.2) is 23.6 Å². The fourth-order valence-electron chi connectivity index (χ4n) is 2.30. The van der Waals surface area contributed by atoms with Crippen molar-refractivity contribution in [2.24, 2.45) is 0 Å². The maximum Gasteiger partial charge on any atom is 0.156 e. The molecule has 0 saturated heterocycles. The summed E-state index contributed by atoms with van der Waals surface area (Å²) < 4.78 is 5.14. The lowest BCUT2D eigenvalue weighted by Crippen LogP contribution is -2.03. The number of ether oxygens (including phenoxy) is 1. The van der Waals surface area contributed by atoms with Gasteiger partial charge in [0.05, 0.1) is 18.3 Å². The molecule has 0 amide bonds. The second-order valence-corrected chi connectivity index (χ2v) is 5.39. The molecule has 0 spiro atoms. The average molecular weight is 328 g/mol. The Hall–Kier alpha value is -2.66. The van der Waals surface area contributed by atoms with Crippen molar-refractivity contribution in [2.45, 2.75) is 6.54 Å². The van der Waals surface area contributed by atoms with Gasteiger partial charge in [-0.3, -0.25) is 4.79 Å². The van der Waals surface area contributed by atoms with Crippen LogP contribution in [0.5, 0.6) is 5.75 Å². The van der Waals surface area contributed by atoms with E-state index in [0.717, 1.165) is 22.6 Å². The van der Waals surface area contributed by atoms with Gasteiger partial charge in [0.2, 0.25) is 0 Å². The predicted molar refractivity (Wildman–Crippen MR) is 90.3 cm³/mol. The number of carbonyl (C=O) groups excluding carboxylic acids is 1. The Morgan fingerprint density at radius 2 is 2.13 bits per heavy atom. The first kappa shape index (κ1) is 15.2. The standard InChI is InChI=1S/C17H14ClN3O2/c1-23-16-5-3-11(7-15(16)18)8-19-17-14-6-12(10-22)2-4-13(14)9-20-21-17/h2-7,9-10H,8H2,1H3,(H,19,21). The molecule has 0 saturated carbocycles. The van der Waals surface area contributed by atoms with E-state index < -0.39 is 0 Å². The zero-order valence-corrected chi connectivity index (χ0v) is 13.2. The van der Waals surface area contributed by atoms with Gasteiger partial charge in [0.25, 0.3) is 0 Å². The average Bonchev–Trinajstić information content (AvgIpc) is 2.59. The van der Waals surface area contributed by atoms with Crippen molar-refractivity contribution in [3.8, 4) is 5.75 Å². The van der Waals surface area contributed by atoms with E-state index in [1.165, 1.54) is 0 Å². The highest BCUT2D eigenvalue weighted by Crippen LogP contribution is 2.26. The fraction of sp³-hybridized carbons (Fsp3) is 0.118. The number of hydrogen-bond donors (Lipinski definition) is 1. The van der Waals surface area contributed by atoms with Gasteiger partial charge in [0.1, 0.15) is 12.0 Å². The van der Waals surface area contributed by atoms with Crippen molar-refractivity contribution >= 4 is 34.5 Å². The lowest BCUT2D eigenvalue weighted by atomic mass is 10.1. The number of aromatic nitrogens is 2. The zero-order chi connectivity index (χ0) is 16.2. The van der Waals surface area contributed by atoms with Crippen LogP contribution in [0.3, 0.4) is 0 Å². The number of methoxy groups -OCH3 is 1. The maximum absolute atomic E-state index is 11.0. The number of rotatable bonds is 5. The fourth-order valence-corrected chi connectivity index (χ4v) is 2.58. The molecule has 23 heavy (non-hydrogen) atoms. The Morgan fingerprint density at radius 3 is 2.87 bits per heavy atom. The Labute approximate surface area is 138 Å². The van der Waals surface area contributed by atoms with E-state index in [9.17, 15) is 4.79 Å². The van der Waals surface area contributed by atoms with Crippen LogP contribution in [0.2, 0.25) is 5.02 Å². The molecule has 116 valence electrons. The summed E-state index contributed by atoms with van der Waals surface area (Å²) in [4.78, 5) is 11.0. The number of hydrogen-bond acceptors (Lipinski definition) is 5. The molecule has 0 radical (unpaired) electrons. The molecule has 1 heterocycles.